The molecule has 26 heavy (non-hydrogen) atoms. The zero-order valence-electron chi connectivity index (χ0n) is 15.9. The fourth-order valence-electron chi connectivity index (χ4n) is 3.26. The van der Waals surface area contributed by atoms with E-state index < -0.39 is 0 Å². The standard InChI is InChI=1S/C25H27N/c1-4-9-20(2)10-8-19-26(3)23-17-15-22(16-18-23)25-14-7-12-21-11-5-6-13-24(21)25/h5-18H,4,19H2,1-3H3/b10-8-,20-9-. The second-order valence-electron chi connectivity index (χ2n) is 6.71. The van der Waals surface area contributed by atoms with E-state index >= 15 is 0 Å². The number of hydrogen-bond donors (Lipinski definition) is 0. The quantitative estimate of drug-likeness (QED) is 0.443. The molecule has 3 rings (SSSR count). The molecule has 0 aliphatic heterocycles. The number of likely N-dealkylation sites (N-methyl/N-ethyl adjacent to an activating group) is 1. The van der Waals surface area contributed by atoms with Crippen LogP contribution in [0.3, 0.4) is 0 Å². The van der Waals surface area contributed by atoms with Crippen LogP contribution in [-0.2, 0) is 0 Å². The lowest BCUT2D eigenvalue weighted by molar-refractivity contribution is 1.03. The minimum absolute atomic E-state index is 0.905. The molecule has 3 aromatic carbocycles. The van der Waals surface area contributed by atoms with E-state index in [9.17, 15) is 0 Å². The van der Waals surface area contributed by atoms with E-state index in [1.54, 1.807) is 0 Å². The SMILES string of the molecule is CC/C=C(C)\C=C/CN(C)c1ccc(-c2cccc3ccccc23)cc1. The van der Waals surface area contributed by atoms with E-state index in [2.05, 4.69) is 111 Å². The van der Waals surface area contributed by atoms with Crippen LogP contribution in [0.1, 0.15) is 20.3 Å². The first-order valence-corrected chi connectivity index (χ1v) is 9.31. The van der Waals surface area contributed by atoms with E-state index in [1.165, 1.54) is 33.2 Å². The zero-order chi connectivity index (χ0) is 18.4. The largest absolute Gasteiger partial charge is 0.371 e. The molecule has 132 valence electrons. The number of allylic oxidation sites excluding steroid dienone is 3. The molecule has 0 bridgehead atoms. The summed E-state index contributed by atoms with van der Waals surface area (Å²) in [7, 11) is 2.14. The molecule has 0 saturated carbocycles. The van der Waals surface area contributed by atoms with Gasteiger partial charge in [0.25, 0.3) is 0 Å². The molecule has 0 spiro atoms. The highest BCUT2D eigenvalue weighted by molar-refractivity contribution is 5.96. The molecule has 0 aliphatic carbocycles. The van der Waals surface area contributed by atoms with Crippen molar-refractivity contribution in [3.8, 4) is 11.1 Å². The molecule has 0 saturated heterocycles. The summed E-state index contributed by atoms with van der Waals surface area (Å²) < 4.78 is 0. The lowest BCUT2D eigenvalue weighted by atomic mass is 9.98. The van der Waals surface area contributed by atoms with Crippen LogP contribution in [-0.4, -0.2) is 13.6 Å². The summed E-state index contributed by atoms with van der Waals surface area (Å²) in [4.78, 5) is 2.27. The Morgan fingerprint density at radius 1 is 0.923 bits per heavy atom. The van der Waals surface area contributed by atoms with Crippen LogP contribution in [0.4, 0.5) is 5.69 Å². The topological polar surface area (TPSA) is 3.24 Å². The van der Waals surface area contributed by atoms with Crippen molar-refractivity contribution in [1.29, 1.82) is 0 Å². The number of benzene rings is 3. The smallest absolute Gasteiger partial charge is 0.0366 e. The average Bonchev–Trinajstić information content (AvgIpc) is 2.68. The molecular weight excluding hydrogens is 314 g/mol. The summed E-state index contributed by atoms with van der Waals surface area (Å²) in [5.41, 5.74) is 5.11. The minimum Gasteiger partial charge on any atom is -0.371 e. The highest BCUT2D eigenvalue weighted by Crippen LogP contribution is 2.29. The van der Waals surface area contributed by atoms with E-state index in [1.807, 2.05) is 0 Å². The Kier molecular flexibility index (Phi) is 5.91. The van der Waals surface area contributed by atoms with E-state index in [4.69, 9.17) is 0 Å². The highest BCUT2D eigenvalue weighted by Gasteiger charge is 2.04. The van der Waals surface area contributed by atoms with Crippen LogP contribution < -0.4 is 4.90 Å². The number of rotatable bonds is 6. The first kappa shape index (κ1) is 18.0. The molecule has 0 unspecified atom stereocenters. The number of fused-ring (bicyclic) bond motifs is 1. The van der Waals surface area contributed by atoms with Gasteiger partial charge in [0.15, 0.2) is 0 Å². The van der Waals surface area contributed by atoms with Gasteiger partial charge in [0.05, 0.1) is 0 Å². The third kappa shape index (κ3) is 4.23. The monoisotopic (exact) mass is 341 g/mol. The Morgan fingerprint density at radius 2 is 1.65 bits per heavy atom. The number of hydrogen-bond acceptors (Lipinski definition) is 1. The second kappa shape index (κ2) is 8.53. The summed E-state index contributed by atoms with van der Waals surface area (Å²) in [6.45, 7) is 5.22. The molecule has 0 fully saturated rings. The van der Waals surface area contributed by atoms with Crippen LogP contribution in [0.15, 0.2) is 90.5 Å². The van der Waals surface area contributed by atoms with Crippen LogP contribution in [0.2, 0.25) is 0 Å². The lowest BCUT2D eigenvalue weighted by Crippen LogP contribution is -2.16. The molecule has 0 amide bonds. The number of anilines is 1. The fourth-order valence-corrected chi connectivity index (χ4v) is 3.26. The van der Waals surface area contributed by atoms with Crippen molar-refractivity contribution in [3.63, 3.8) is 0 Å². The van der Waals surface area contributed by atoms with Gasteiger partial charge in [-0.3, -0.25) is 0 Å². The van der Waals surface area contributed by atoms with Crippen molar-refractivity contribution in [2.75, 3.05) is 18.5 Å². The molecule has 0 atom stereocenters. The molecule has 0 aromatic heterocycles. The van der Waals surface area contributed by atoms with Gasteiger partial charge in [-0.15, -0.1) is 0 Å². The Balaban J connectivity index is 1.77. The summed E-state index contributed by atoms with van der Waals surface area (Å²) in [5.74, 6) is 0. The Hall–Kier alpha value is -2.80. The maximum atomic E-state index is 2.27. The molecule has 0 N–H and O–H groups in total. The van der Waals surface area contributed by atoms with Crippen LogP contribution >= 0.6 is 0 Å². The minimum atomic E-state index is 0.905. The zero-order valence-corrected chi connectivity index (χ0v) is 15.9. The molecule has 1 heteroatoms. The van der Waals surface area contributed by atoms with Gasteiger partial charge in [-0.05, 0) is 47.4 Å². The van der Waals surface area contributed by atoms with Crippen LogP contribution in [0.5, 0.6) is 0 Å². The predicted octanol–water partition coefficient (Wildman–Crippen LogP) is 6.86. The van der Waals surface area contributed by atoms with Gasteiger partial charge in [0, 0.05) is 19.3 Å². The molecule has 0 heterocycles. The van der Waals surface area contributed by atoms with Crippen LogP contribution in [0, 0.1) is 0 Å². The van der Waals surface area contributed by atoms with Gasteiger partial charge in [0.1, 0.15) is 0 Å². The Morgan fingerprint density at radius 3 is 2.42 bits per heavy atom. The van der Waals surface area contributed by atoms with Gasteiger partial charge >= 0.3 is 0 Å². The van der Waals surface area contributed by atoms with Crippen molar-refractivity contribution in [2.45, 2.75) is 20.3 Å². The van der Waals surface area contributed by atoms with Gasteiger partial charge in [0.2, 0.25) is 0 Å². The van der Waals surface area contributed by atoms with E-state index in [0.717, 1.165) is 13.0 Å². The van der Waals surface area contributed by atoms with Gasteiger partial charge in [-0.25, -0.2) is 0 Å². The van der Waals surface area contributed by atoms with Crippen molar-refractivity contribution < 1.29 is 0 Å². The van der Waals surface area contributed by atoms with Gasteiger partial charge in [-0.1, -0.05) is 85.3 Å². The highest BCUT2D eigenvalue weighted by atomic mass is 15.1. The predicted molar refractivity (Wildman–Crippen MR) is 116 cm³/mol. The van der Waals surface area contributed by atoms with E-state index in [0.29, 0.717) is 0 Å². The summed E-state index contributed by atoms with van der Waals surface area (Å²) in [5, 5.41) is 2.59. The molecule has 3 aromatic rings. The lowest BCUT2D eigenvalue weighted by Gasteiger charge is -2.18. The average molecular weight is 341 g/mol. The van der Waals surface area contributed by atoms with Crippen molar-refractivity contribution in [3.05, 3.63) is 90.5 Å². The van der Waals surface area contributed by atoms with Crippen LogP contribution in [0.25, 0.3) is 21.9 Å². The molecule has 0 aliphatic rings. The third-order valence-corrected chi connectivity index (χ3v) is 4.69. The first-order valence-electron chi connectivity index (χ1n) is 9.31. The number of nitrogens with zero attached hydrogens (tertiary/aromatic N) is 1. The van der Waals surface area contributed by atoms with Gasteiger partial charge < -0.3 is 4.90 Å². The maximum absolute atomic E-state index is 2.27. The molecule has 1 nitrogen and oxygen atoms in total. The second-order valence-corrected chi connectivity index (χ2v) is 6.71. The van der Waals surface area contributed by atoms with Crippen molar-refractivity contribution in [1.82, 2.24) is 0 Å². The van der Waals surface area contributed by atoms with Crippen molar-refractivity contribution in [2.24, 2.45) is 0 Å². The summed E-state index contributed by atoms with van der Waals surface area (Å²) in [6.07, 6.45) is 7.75. The summed E-state index contributed by atoms with van der Waals surface area (Å²) >= 11 is 0. The van der Waals surface area contributed by atoms with Crippen molar-refractivity contribution >= 4 is 16.5 Å². The first-order chi connectivity index (χ1) is 12.7. The normalized spacial score (nSPS) is 12.0. The maximum Gasteiger partial charge on any atom is 0.0366 e. The fraction of sp³-hybridized carbons (Fsp3) is 0.200. The Bertz CT molecular complexity index is 911. The van der Waals surface area contributed by atoms with Gasteiger partial charge in [-0.2, -0.15) is 0 Å². The van der Waals surface area contributed by atoms with E-state index in [-0.39, 0.29) is 0 Å². The molecular formula is C25H27N. The third-order valence-electron chi connectivity index (χ3n) is 4.69. The molecule has 0 radical (unpaired) electrons. The Labute approximate surface area is 157 Å². The summed E-state index contributed by atoms with van der Waals surface area (Å²) in [6, 6.07) is 23.9.